The number of nitrogens with zero attached hydrogens (tertiary/aromatic N) is 1. The van der Waals surface area contributed by atoms with Crippen molar-refractivity contribution in [3.8, 4) is 11.6 Å². The summed E-state index contributed by atoms with van der Waals surface area (Å²) in [4.78, 5) is 15.4. The Hall–Kier alpha value is -2.61. The molecule has 0 spiro atoms. The van der Waals surface area contributed by atoms with Gasteiger partial charge in [0.1, 0.15) is 11.4 Å². The van der Waals surface area contributed by atoms with Crippen LogP contribution < -0.4 is 15.4 Å². The number of amides is 1. The number of carbonyl (C=O) groups excluding carboxylic acids is 1. The predicted molar refractivity (Wildman–Crippen MR) is 85.4 cm³/mol. The Morgan fingerprint density at radius 2 is 1.96 bits per heavy atom. The van der Waals surface area contributed by atoms with E-state index >= 15 is 0 Å². The Morgan fingerprint density at radius 3 is 2.60 bits per heavy atom. The Morgan fingerprint density at radius 1 is 1.20 bits per heavy atom. The number of hydrogen-bond donors (Lipinski definition) is 2. The molecule has 2 N–H and O–H groups in total. The number of nitrogens with one attached hydrogen (secondary N) is 2. The van der Waals surface area contributed by atoms with Gasteiger partial charge in [0.2, 0.25) is 11.8 Å². The van der Waals surface area contributed by atoms with Crippen LogP contribution in [0.2, 0.25) is 0 Å². The standard InChI is InChI=1S/C17H16F3N3O2/c18-17(19,20)14-4-1-5-15(23-14)25-12-8-6-11(7-9-12)22-16(24)13-3-2-10-21-13/h1,4-9,13,21H,2-3,10H2,(H,22,24). The van der Waals surface area contributed by atoms with E-state index in [0.717, 1.165) is 25.5 Å². The summed E-state index contributed by atoms with van der Waals surface area (Å²) in [6.07, 6.45) is -2.76. The van der Waals surface area contributed by atoms with E-state index in [1.165, 1.54) is 12.1 Å². The highest BCUT2D eigenvalue weighted by atomic mass is 19.4. The minimum atomic E-state index is -4.53. The fourth-order valence-corrected chi connectivity index (χ4v) is 2.49. The summed E-state index contributed by atoms with van der Waals surface area (Å²) in [7, 11) is 0. The molecule has 1 aromatic heterocycles. The van der Waals surface area contributed by atoms with Crippen molar-refractivity contribution in [1.29, 1.82) is 0 Å². The highest BCUT2D eigenvalue weighted by Gasteiger charge is 2.32. The molecule has 1 saturated heterocycles. The SMILES string of the molecule is O=C(Nc1ccc(Oc2cccc(C(F)(F)F)n2)cc1)C1CCCN1. The zero-order valence-corrected chi connectivity index (χ0v) is 13.1. The van der Waals surface area contributed by atoms with E-state index in [-0.39, 0.29) is 17.8 Å². The third kappa shape index (κ3) is 4.48. The average Bonchev–Trinajstić information content (AvgIpc) is 3.11. The molecule has 1 unspecified atom stereocenters. The Bertz CT molecular complexity index is 742. The van der Waals surface area contributed by atoms with Crippen molar-refractivity contribution < 1.29 is 22.7 Å². The lowest BCUT2D eigenvalue weighted by molar-refractivity contribution is -0.141. The molecule has 1 aromatic carbocycles. The van der Waals surface area contributed by atoms with Crippen LogP contribution in [0.25, 0.3) is 0 Å². The van der Waals surface area contributed by atoms with Crippen molar-refractivity contribution in [2.45, 2.75) is 25.1 Å². The normalized spacial score (nSPS) is 17.3. The third-order valence-electron chi connectivity index (χ3n) is 3.74. The molecule has 1 fully saturated rings. The first kappa shape index (κ1) is 17.2. The monoisotopic (exact) mass is 351 g/mol. The van der Waals surface area contributed by atoms with Crippen molar-refractivity contribution >= 4 is 11.6 Å². The summed E-state index contributed by atoms with van der Waals surface area (Å²) in [6.45, 7) is 0.828. The summed E-state index contributed by atoms with van der Waals surface area (Å²) < 4.78 is 43.3. The van der Waals surface area contributed by atoms with Gasteiger partial charge in [-0.25, -0.2) is 4.98 Å². The highest BCUT2D eigenvalue weighted by molar-refractivity contribution is 5.95. The second-order valence-electron chi connectivity index (χ2n) is 5.62. The van der Waals surface area contributed by atoms with E-state index in [9.17, 15) is 18.0 Å². The van der Waals surface area contributed by atoms with Crippen LogP contribution in [0.1, 0.15) is 18.5 Å². The van der Waals surface area contributed by atoms with Crippen molar-refractivity contribution in [2.24, 2.45) is 0 Å². The number of pyridine rings is 1. The summed E-state index contributed by atoms with van der Waals surface area (Å²) in [6, 6.07) is 9.61. The fraction of sp³-hybridized carbons (Fsp3) is 0.294. The minimum absolute atomic E-state index is 0.106. The fourth-order valence-electron chi connectivity index (χ4n) is 2.49. The lowest BCUT2D eigenvalue weighted by Crippen LogP contribution is -2.35. The third-order valence-corrected chi connectivity index (χ3v) is 3.74. The predicted octanol–water partition coefficient (Wildman–Crippen LogP) is 3.58. The molecule has 1 atom stereocenters. The summed E-state index contributed by atoms with van der Waals surface area (Å²) >= 11 is 0. The number of alkyl halides is 3. The van der Waals surface area contributed by atoms with E-state index in [0.29, 0.717) is 11.4 Å². The molecule has 0 aliphatic carbocycles. The van der Waals surface area contributed by atoms with Crippen molar-refractivity contribution in [1.82, 2.24) is 10.3 Å². The molecule has 1 amide bonds. The van der Waals surface area contributed by atoms with Gasteiger partial charge in [0.25, 0.3) is 0 Å². The second-order valence-corrected chi connectivity index (χ2v) is 5.62. The van der Waals surface area contributed by atoms with Crippen LogP contribution >= 0.6 is 0 Å². The highest BCUT2D eigenvalue weighted by Crippen LogP contribution is 2.30. The molecule has 0 saturated carbocycles. The van der Waals surface area contributed by atoms with E-state index in [1.54, 1.807) is 24.3 Å². The van der Waals surface area contributed by atoms with Crippen LogP contribution in [0.3, 0.4) is 0 Å². The largest absolute Gasteiger partial charge is 0.439 e. The van der Waals surface area contributed by atoms with E-state index < -0.39 is 11.9 Å². The number of benzene rings is 1. The van der Waals surface area contributed by atoms with Crippen molar-refractivity contribution in [3.05, 3.63) is 48.2 Å². The summed E-state index contributed by atoms with van der Waals surface area (Å²) in [5, 5.41) is 5.88. The number of carbonyl (C=O) groups is 1. The van der Waals surface area contributed by atoms with Crippen LogP contribution in [-0.4, -0.2) is 23.5 Å². The Balaban J connectivity index is 1.63. The minimum Gasteiger partial charge on any atom is -0.439 e. The number of aromatic nitrogens is 1. The van der Waals surface area contributed by atoms with Gasteiger partial charge in [0, 0.05) is 11.8 Å². The maximum absolute atomic E-state index is 12.6. The lowest BCUT2D eigenvalue weighted by Gasteiger charge is -2.12. The molecule has 8 heteroatoms. The van der Waals surface area contributed by atoms with Crippen LogP contribution in [0, 0.1) is 0 Å². The molecular formula is C17H16F3N3O2. The van der Waals surface area contributed by atoms with E-state index in [1.807, 2.05) is 0 Å². The average molecular weight is 351 g/mol. The smallest absolute Gasteiger partial charge is 0.433 e. The molecular weight excluding hydrogens is 335 g/mol. The Kier molecular flexibility index (Phi) is 4.89. The molecule has 0 bridgehead atoms. The number of rotatable bonds is 4. The quantitative estimate of drug-likeness (QED) is 0.884. The lowest BCUT2D eigenvalue weighted by atomic mass is 10.2. The number of anilines is 1. The van der Waals surface area contributed by atoms with Crippen molar-refractivity contribution in [3.63, 3.8) is 0 Å². The van der Waals surface area contributed by atoms with Gasteiger partial charge < -0.3 is 15.4 Å². The first-order chi connectivity index (χ1) is 11.9. The van der Waals surface area contributed by atoms with Crippen LogP contribution in [0.4, 0.5) is 18.9 Å². The molecule has 3 rings (SSSR count). The topological polar surface area (TPSA) is 63.2 Å². The van der Waals surface area contributed by atoms with Gasteiger partial charge in [-0.1, -0.05) is 6.07 Å². The molecule has 2 aromatic rings. The van der Waals surface area contributed by atoms with Gasteiger partial charge in [0.15, 0.2) is 0 Å². The zero-order valence-electron chi connectivity index (χ0n) is 13.1. The van der Waals surface area contributed by atoms with Gasteiger partial charge in [-0.3, -0.25) is 4.79 Å². The van der Waals surface area contributed by atoms with E-state index in [2.05, 4.69) is 15.6 Å². The van der Waals surface area contributed by atoms with Gasteiger partial charge >= 0.3 is 6.18 Å². The zero-order chi connectivity index (χ0) is 17.9. The van der Waals surface area contributed by atoms with Crippen molar-refractivity contribution in [2.75, 3.05) is 11.9 Å². The molecule has 1 aliphatic rings. The molecule has 132 valence electrons. The number of halogens is 3. The Labute approximate surface area is 142 Å². The number of ether oxygens (including phenoxy) is 1. The van der Waals surface area contributed by atoms with E-state index in [4.69, 9.17) is 4.74 Å². The van der Waals surface area contributed by atoms with Gasteiger partial charge in [0.05, 0.1) is 6.04 Å². The van der Waals surface area contributed by atoms with Gasteiger partial charge in [-0.05, 0) is 49.7 Å². The maximum atomic E-state index is 12.6. The summed E-state index contributed by atoms with van der Waals surface area (Å²) in [5.74, 6) is 0.0660. The molecule has 0 radical (unpaired) electrons. The van der Waals surface area contributed by atoms with Crippen LogP contribution in [-0.2, 0) is 11.0 Å². The molecule has 25 heavy (non-hydrogen) atoms. The first-order valence-corrected chi connectivity index (χ1v) is 7.78. The van der Waals surface area contributed by atoms with Gasteiger partial charge in [-0.2, -0.15) is 13.2 Å². The van der Waals surface area contributed by atoms with Crippen LogP contribution in [0.15, 0.2) is 42.5 Å². The van der Waals surface area contributed by atoms with Gasteiger partial charge in [-0.15, -0.1) is 0 Å². The maximum Gasteiger partial charge on any atom is 0.433 e. The molecule has 5 nitrogen and oxygen atoms in total. The summed E-state index contributed by atoms with van der Waals surface area (Å²) in [5.41, 5.74) is -0.430. The molecule has 1 aliphatic heterocycles. The second kappa shape index (κ2) is 7.10. The van der Waals surface area contributed by atoms with Crippen LogP contribution in [0.5, 0.6) is 11.6 Å². The first-order valence-electron chi connectivity index (χ1n) is 7.78. The molecule has 2 heterocycles. The number of hydrogen-bond acceptors (Lipinski definition) is 4.